The monoisotopic (exact) mass is 451 g/mol. The predicted molar refractivity (Wildman–Crippen MR) is 138 cm³/mol. The second-order valence-electron chi connectivity index (χ2n) is 9.44. The summed E-state index contributed by atoms with van der Waals surface area (Å²) in [5, 5.41) is 0. The van der Waals surface area contributed by atoms with E-state index < -0.39 is 5.54 Å². The lowest BCUT2D eigenvalue weighted by molar-refractivity contribution is -0.132. The van der Waals surface area contributed by atoms with E-state index in [0.717, 1.165) is 55.9 Å². The third-order valence-corrected chi connectivity index (χ3v) is 7.29. The number of hydrogen-bond acceptors (Lipinski definition) is 3. The van der Waals surface area contributed by atoms with Gasteiger partial charge in [-0.2, -0.15) is 0 Å². The van der Waals surface area contributed by atoms with Crippen LogP contribution in [0, 0.1) is 0 Å². The van der Waals surface area contributed by atoms with Gasteiger partial charge in [-0.1, -0.05) is 91.0 Å². The summed E-state index contributed by atoms with van der Waals surface area (Å²) in [6.07, 6.45) is 4.27. The smallest absolute Gasteiger partial charge is 0.265 e. The zero-order valence-corrected chi connectivity index (χ0v) is 19.9. The van der Waals surface area contributed by atoms with Crippen LogP contribution in [0.2, 0.25) is 0 Å². The molecule has 5 rings (SSSR count). The summed E-state index contributed by atoms with van der Waals surface area (Å²) >= 11 is 0. The number of piperidine rings is 1. The van der Waals surface area contributed by atoms with Crippen molar-refractivity contribution < 1.29 is 4.79 Å². The molecule has 0 bridgehead atoms. The predicted octanol–water partition coefficient (Wildman–Crippen LogP) is 5.29. The Morgan fingerprint density at radius 1 is 0.824 bits per heavy atom. The van der Waals surface area contributed by atoms with Crippen molar-refractivity contribution in [3.63, 3.8) is 0 Å². The van der Waals surface area contributed by atoms with E-state index in [4.69, 9.17) is 4.99 Å². The van der Waals surface area contributed by atoms with Crippen LogP contribution in [-0.4, -0.2) is 47.2 Å². The fourth-order valence-electron chi connectivity index (χ4n) is 5.55. The highest BCUT2D eigenvalue weighted by molar-refractivity contribution is 6.10. The van der Waals surface area contributed by atoms with Crippen LogP contribution < -0.4 is 0 Å². The van der Waals surface area contributed by atoms with Gasteiger partial charge in [-0.25, -0.2) is 4.99 Å². The minimum Gasteiger partial charge on any atom is -0.303 e. The van der Waals surface area contributed by atoms with Crippen molar-refractivity contribution in [2.24, 2.45) is 4.99 Å². The molecule has 3 aromatic carbocycles. The lowest BCUT2D eigenvalue weighted by Crippen LogP contribution is -2.50. The molecule has 0 spiro atoms. The molecule has 0 N–H and O–H groups in total. The van der Waals surface area contributed by atoms with Gasteiger partial charge in [0.15, 0.2) is 5.54 Å². The van der Waals surface area contributed by atoms with Gasteiger partial charge in [-0.05, 0) is 55.8 Å². The zero-order chi connectivity index (χ0) is 23.4. The van der Waals surface area contributed by atoms with Crippen molar-refractivity contribution in [1.82, 2.24) is 9.80 Å². The van der Waals surface area contributed by atoms with E-state index in [9.17, 15) is 4.79 Å². The van der Waals surface area contributed by atoms with Crippen LogP contribution in [0.3, 0.4) is 0 Å². The third kappa shape index (κ3) is 4.30. The Balaban J connectivity index is 1.28. The van der Waals surface area contributed by atoms with E-state index in [1.54, 1.807) is 0 Å². The maximum atomic E-state index is 14.1. The van der Waals surface area contributed by atoms with Crippen molar-refractivity contribution in [3.05, 3.63) is 108 Å². The summed E-state index contributed by atoms with van der Waals surface area (Å²) in [6.45, 7) is 5.17. The van der Waals surface area contributed by atoms with Gasteiger partial charge in [0, 0.05) is 19.1 Å². The first-order valence-electron chi connectivity index (χ1n) is 12.5. The number of nitrogens with zero attached hydrogens (tertiary/aromatic N) is 3. The van der Waals surface area contributed by atoms with Crippen LogP contribution in [0.5, 0.6) is 0 Å². The van der Waals surface area contributed by atoms with Crippen LogP contribution in [-0.2, 0) is 16.8 Å². The molecule has 34 heavy (non-hydrogen) atoms. The molecule has 4 nitrogen and oxygen atoms in total. The molecule has 1 saturated heterocycles. The lowest BCUT2D eigenvalue weighted by atomic mass is 9.82. The Morgan fingerprint density at radius 2 is 1.35 bits per heavy atom. The van der Waals surface area contributed by atoms with Crippen LogP contribution in [0.4, 0.5) is 0 Å². The van der Waals surface area contributed by atoms with E-state index >= 15 is 0 Å². The lowest BCUT2D eigenvalue weighted by Gasteiger charge is -2.38. The summed E-state index contributed by atoms with van der Waals surface area (Å²) < 4.78 is 0. The molecular formula is C30H33N3O. The minimum atomic E-state index is -0.987. The van der Waals surface area contributed by atoms with Crippen molar-refractivity contribution in [2.75, 3.05) is 19.6 Å². The molecule has 3 aromatic rings. The van der Waals surface area contributed by atoms with Gasteiger partial charge in [0.1, 0.15) is 5.84 Å². The number of amides is 1. The Bertz CT molecular complexity index is 1080. The summed E-state index contributed by atoms with van der Waals surface area (Å²) in [6, 6.07) is 31.0. The van der Waals surface area contributed by atoms with Crippen LogP contribution >= 0.6 is 0 Å². The van der Waals surface area contributed by atoms with Gasteiger partial charge in [-0.15, -0.1) is 0 Å². The quantitative estimate of drug-likeness (QED) is 0.489. The molecule has 2 heterocycles. The highest BCUT2D eigenvalue weighted by Gasteiger charge is 2.51. The molecule has 0 atom stereocenters. The third-order valence-electron chi connectivity index (χ3n) is 7.29. The molecule has 2 aliphatic heterocycles. The van der Waals surface area contributed by atoms with E-state index in [0.29, 0.717) is 0 Å². The summed E-state index contributed by atoms with van der Waals surface area (Å²) in [5.74, 6) is 0.921. The van der Waals surface area contributed by atoms with E-state index in [1.807, 2.05) is 72.5 Å². The van der Waals surface area contributed by atoms with Gasteiger partial charge < -0.3 is 4.90 Å². The first-order valence-corrected chi connectivity index (χ1v) is 12.5. The number of likely N-dealkylation sites (tertiary alicyclic amines) is 1. The summed E-state index contributed by atoms with van der Waals surface area (Å²) in [7, 11) is 0. The maximum absolute atomic E-state index is 14.1. The normalized spacial score (nSPS) is 18.8. The highest BCUT2D eigenvalue weighted by Crippen LogP contribution is 2.41. The molecule has 0 radical (unpaired) electrons. The van der Waals surface area contributed by atoms with Crippen molar-refractivity contribution in [3.8, 4) is 0 Å². The largest absolute Gasteiger partial charge is 0.303 e. The average molecular weight is 452 g/mol. The van der Waals surface area contributed by atoms with Crippen molar-refractivity contribution in [2.45, 2.75) is 44.2 Å². The second-order valence-corrected chi connectivity index (χ2v) is 9.44. The van der Waals surface area contributed by atoms with Crippen LogP contribution in [0.25, 0.3) is 0 Å². The average Bonchev–Trinajstić information content (AvgIpc) is 3.17. The number of carbonyl (C=O) groups is 1. The molecule has 0 aliphatic carbocycles. The number of carbonyl (C=O) groups excluding carboxylic acids is 1. The fourth-order valence-corrected chi connectivity index (χ4v) is 5.55. The van der Waals surface area contributed by atoms with Crippen LogP contribution in [0.1, 0.15) is 42.9 Å². The number of benzene rings is 3. The second kappa shape index (κ2) is 9.94. The highest BCUT2D eigenvalue weighted by atomic mass is 16.2. The first kappa shape index (κ1) is 22.5. The number of aryl methyl sites for hydroxylation is 1. The van der Waals surface area contributed by atoms with E-state index in [1.165, 1.54) is 12.0 Å². The zero-order valence-electron chi connectivity index (χ0n) is 19.9. The molecule has 0 aromatic heterocycles. The maximum Gasteiger partial charge on any atom is 0.265 e. The van der Waals surface area contributed by atoms with Gasteiger partial charge >= 0.3 is 0 Å². The number of amidine groups is 1. The van der Waals surface area contributed by atoms with Gasteiger partial charge in [0.25, 0.3) is 5.91 Å². The standard InChI is InChI=1S/C30H33N3O/c1-24-31-30(26-15-7-3-8-16-26,27-17-9-4-10-18-27)29(34)33(24)28-19-22-32(23-20-28)21-11-14-25-12-5-2-6-13-25/h2-10,12-13,15-18,28H,11,14,19-23H2,1H3. The van der Waals surface area contributed by atoms with E-state index in [-0.39, 0.29) is 11.9 Å². The molecule has 4 heteroatoms. The van der Waals surface area contributed by atoms with Crippen molar-refractivity contribution >= 4 is 11.7 Å². The minimum absolute atomic E-state index is 0.0879. The Labute approximate surface area is 202 Å². The summed E-state index contributed by atoms with van der Waals surface area (Å²) in [4.78, 5) is 23.8. The van der Waals surface area contributed by atoms with Crippen molar-refractivity contribution in [1.29, 1.82) is 0 Å². The van der Waals surface area contributed by atoms with Gasteiger partial charge in [0.2, 0.25) is 0 Å². The van der Waals surface area contributed by atoms with Gasteiger partial charge in [0.05, 0.1) is 0 Å². The van der Waals surface area contributed by atoms with E-state index in [2.05, 4.69) is 35.2 Å². The molecule has 2 aliphatic rings. The number of aliphatic imine (C=N–C) groups is 1. The molecule has 0 unspecified atom stereocenters. The molecule has 174 valence electrons. The molecule has 1 fully saturated rings. The Hall–Kier alpha value is -3.24. The fraction of sp³-hybridized carbons (Fsp3) is 0.333. The number of rotatable bonds is 7. The SMILES string of the molecule is CC1=NC(c2ccccc2)(c2ccccc2)C(=O)N1C1CCN(CCCc2ccccc2)CC1. The molecule has 1 amide bonds. The first-order chi connectivity index (χ1) is 16.7. The van der Waals surface area contributed by atoms with Crippen LogP contribution in [0.15, 0.2) is 96.0 Å². The summed E-state index contributed by atoms with van der Waals surface area (Å²) in [5.41, 5.74) is 2.29. The number of hydrogen-bond donors (Lipinski definition) is 0. The Morgan fingerprint density at radius 3 is 1.91 bits per heavy atom. The Kier molecular flexibility index (Phi) is 6.59. The topological polar surface area (TPSA) is 35.9 Å². The molecule has 0 saturated carbocycles. The van der Waals surface area contributed by atoms with Gasteiger partial charge in [-0.3, -0.25) is 9.69 Å². The molecular weight excluding hydrogens is 418 g/mol.